The molecule has 1 aliphatic rings. The van der Waals surface area contributed by atoms with E-state index in [1.165, 1.54) is 16.4 Å². The first-order valence-electron chi connectivity index (χ1n) is 9.38. The van der Waals surface area contributed by atoms with Crippen LogP contribution in [0.2, 0.25) is 0 Å². The van der Waals surface area contributed by atoms with Crippen molar-refractivity contribution in [3.63, 3.8) is 0 Å². The molecule has 1 fully saturated rings. The van der Waals surface area contributed by atoms with Gasteiger partial charge < -0.3 is 5.32 Å². The van der Waals surface area contributed by atoms with E-state index in [0.717, 1.165) is 29.1 Å². The minimum Gasteiger partial charge on any atom is -0.322 e. The number of anilines is 1. The maximum atomic E-state index is 12.7. The van der Waals surface area contributed by atoms with E-state index in [9.17, 15) is 13.2 Å². The van der Waals surface area contributed by atoms with Crippen molar-refractivity contribution in [2.75, 3.05) is 18.4 Å². The zero-order chi connectivity index (χ0) is 20.4. The lowest BCUT2D eigenvalue weighted by Crippen LogP contribution is -2.28. The molecule has 1 N–H and O–H groups in total. The molecule has 2 heterocycles. The number of benzene rings is 2. The molecule has 6 nitrogen and oxygen atoms in total. The molecule has 0 atom stereocenters. The Balaban J connectivity index is 1.50. The number of carbonyl (C=O) groups excluding carboxylic acids is 1. The number of carbonyl (C=O) groups is 1. The van der Waals surface area contributed by atoms with Crippen LogP contribution in [0, 0.1) is 6.92 Å². The number of rotatable bonds is 5. The van der Waals surface area contributed by atoms with Gasteiger partial charge in [-0.25, -0.2) is 13.4 Å². The van der Waals surface area contributed by atoms with Crippen molar-refractivity contribution in [2.24, 2.45) is 0 Å². The van der Waals surface area contributed by atoms with Crippen LogP contribution in [-0.2, 0) is 10.0 Å². The quantitative estimate of drug-likeness (QED) is 0.663. The first kappa shape index (κ1) is 19.8. The Kier molecular flexibility index (Phi) is 5.49. The lowest BCUT2D eigenvalue weighted by atomic mass is 10.1. The Morgan fingerprint density at radius 1 is 1.10 bits per heavy atom. The van der Waals surface area contributed by atoms with Crippen LogP contribution in [0.3, 0.4) is 0 Å². The van der Waals surface area contributed by atoms with Gasteiger partial charge >= 0.3 is 0 Å². The third kappa shape index (κ3) is 4.24. The van der Waals surface area contributed by atoms with E-state index in [2.05, 4.69) is 10.3 Å². The predicted octanol–water partition coefficient (Wildman–Crippen LogP) is 4.16. The molecule has 4 rings (SSSR count). The van der Waals surface area contributed by atoms with Crippen LogP contribution in [0.15, 0.2) is 58.8 Å². The summed E-state index contributed by atoms with van der Waals surface area (Å²) in [6, 6.07) is 13.6. The normalized spacial score (nSPS) is 14.8. The van der Waals surface area contributed by atoms with Crippen molar-refractivity contribution < 1.29 is 13.2 Å². The Bertz CT molecular complexity index is 1130. The molecule has 1 amide bonds. The molecule has 1 saturated heterocycles. The molecule has 0 spiro atoms. The summed E-state index contributed by atoms with van der Waals surface area (Å²) in [6.45, 7) is 3.02. The van der Waals surface area contributed by atoms with Gasteiger partial charge in [-0.1, -0.05) is 18.2 Å². The maximum Gasteiger partial charge on any atom is 0.255 e. The third-order valence-electron chi connectivity index (χ3n) is 4.86. The molecular formula is C21H21N3O3S2. The number of nitrogens with zero attached hydrogens (tertiary/aromatic N) is 2. The number of thiazole rings is 1. The molecule has 0 radical (unpaired) electrons. The van der Waals surface area contributed by atoms with Crippen LogP contribution >= 0.6 is 11.3 Å². The standard InChI is InChI=1S/C21H21N3O3S2/c1-15-22-20(14-28-15)16-7-9-18(10-8-16)23-21(25)17-5-4-6-19(13-17)29(26,27)24-11-2-3-12-24/h4-10,13-14H,2-3,11-12H2,1H3,(H,23,25). The number of nitrogens with one attached hydrogen (secondary N) is 1. The zero-order valence-corrected chi connectivity index (χ0v) is 17.6. The molecule has 150 valence electrons. The van der Waals surface area contributed by atoms with Crippen LogP contribution < -0.4 is 5.32 Å². The minimum atomic E-state index is -3.55. The van der Waals surface area contributed by atoms with E-state index < -0.39 is 10.0 Å². The van der Waals surface area contributed by atoms with E-state index in [4.69, 9.17) is 0 Å². The molecular weight excluding hydrogens is 406 g/mol. The topological polar surface area (TPSA) is 79.4 Å². The molecule has 0 unspecified atom stereocenters. The van der Waals surface area contributed by atoms with Crippen molar-refractivity contribution in [3.8, 4) is 11.3 Å². The van der Waals surface area contributed by atoms with Crippen molar-refractivity contribution >= 4 is 33.0 Å². The SMILES string of the molecule is Cc1nc(-c2ccc(NC(=O)c3cccc(S(=O)(=O)N4CCCC4)c3)cc2)cs1. The van der Waals surface area contributed by atoms with Gasteiger partial charge in [-0.15, -0.1) is 11.3 Å². The Hall–Kier alpha value is -2.55. The Morgan fingerprint density at radius 3 is 2.48 bits per heavy atom. The summed E-state index contributed by atoms with van der Waals surface area (Å²) in [7, 11) is -3.55. The summed E-state index contributed by atoms with van der Waals surface area (Å²) in [5, 5.41) is 5.82. The molecule has 0 bridgehead atoms. The maximum absolute atomic E-state index is 12.7. The smallest absolute Gasteiger partial charge is 0.255 e. The molecule has 8 heteroatoms. The number of aryl methyl sites for hydroxylation is 1. The van der Waals surface area contributed by atoms with Gasteiger partial charge in [0.1, 0.15) is 0 Å². The van der Waals surface area contributed by atoms with Crippen molar-refractivity contribution in [3.05, 3.63) is 64.5 Å². The van der Waals surface area contributed by atoms with Crippen molar-refractivity contribution in [1.82, 2.24) is 9.29 Å². The highest BCUT2D eigenvalue weighted by Crippen LogP contribution is 2.24. The van der Waals surface area contributed by atoms with Gasteiger partial charge in [-0.2, -0.15) is 4.31 Å². The van der Waals surface area contributed by atoms with Crippen molar-refractivity contribution in [1.29, 1.82) is 0 Å². The number of sulfonamides is 1. The van der Waals surface area contributed by atoms with Gasteiger partial charge in [0.05, 0.1) is 15.6 Å². The van der Waals surface area contributed by atoms with Crippen LogP contribution in [0.4, 0.5) is 5.69 Å². The van der Waals surface area contributed by atoms with E-state index in [-0.39, 0.29) is 10.8 Å². The Labute approximate surface area is 174 Å². The summed E-state index contributed by atoms with van der Waals surface area (Å²) >= 11 is 1.59. The van der Waals surface area contributed by atoms with E-state index in [1.54, 1.807) is 23.5 Å². The monoisotopic (exact) mass is 427 g/mol. The second kappa shape index (κ2) is 8.06. The fourth-order valence-corrected chi connectivity index (χ4v) is 5.48. The summed E-state index contributed by atoms with van der Waals surface area (Å²) in [4.78, 5) is 17.3. The molecule has 1 aromatic heterocycles. The van der Waals surface area contributed by atoms with E-state index in [1.807, 2.05) is 36.6 Å². The number of aromatic nitrogens is 1. The Morgan fingerprint density at radius 2 is 1.83 bits per heavy atom. The highest BCUT2D eigenvalue weighted by Gasteiger charge is 2.27. The summed E-state index contributed by atoms with van der Waals surface area (Å²) in [5.74, 6) is -0.347. The lowest BCUT2D eigenvalue weighted by molar-refractivity contribution is 0.102. The highest BCUT2D eigenvalue weighted by atomic mass is 32.2. The fraction of sp³-hybridized carbons (Fsp3) is 0.238. The second-order valence-corrected chi connectivity index (χ2v) is 9.92. The number of hydrogen-bond acceptors (Lipinski definition) is 5. The van der Waals surface area contributed by atoms with E-state index in [0.29, 0.717) is 24.3 Å². The molecule has 3 aromatic rings. The van der Waals surface area contributed by atoms with Gasteiger partial charge in [0.15, 0.2) is 0 Å². The van der Waals surface area contributed by atoms with Crippen LogP contribution in [0.1, 0.15) is 28.2 Å². The van der Waals surface area contributed by atoms with Crippen LogP contribution in [0.5, 0.6) is 0 Å². The molecule has 29 heavy (non-hydrogen) atoms. The molecule has 0 aliphatic carbocycles. The molecule has 0 saturated carbocycles. The lowest BCUT2D eigenvalue weighted by Gasteiger charge is -2.16. The predicted molar refractivity (Wildman–Crippen MR) is 115 cm³/mol. The van der Waals surface area contributed by atoms with Gasteiger partial charge in [-0.05, 0) is 50.1 Å². The largest absolute Gasteiger partial charge is 0.322 e. The average Bonchev–Trinajstić information content (AvgIpc) is 3.41. The molecule has 1 aliphatic heterocycles. The van der Waals surface area contributed by atoms with Crippen LogP contribution in [-0.4, -0.2) is 36.7 Å². The van der Waals surface area contributed by atoms with Crippen molar-refractivity contribution in [2.45, 2.75) is 24.7 Å². The number of amides is 1. The van der Waals surface area contributed by atoms with Gasteiger partial charge in [0.25, 0.3) is 5.91 Å². The first-order valence-corrected chi connectivity index (χ1v) is 11.7. The van der Waals surface area contributed by atoms with Crippen LogP contribution in [0.25, 0.3) is 11.3 Å². The van der Waals surface area contributed by atoms with E-state index >= 15 is 0 Å². The summed E-state index contributed by atoms with van der Waals surface area (Å²) in [6.07, 6.45) is 1.74. The minimum absolute atomic E-state index is 0.154. The third-order valence-corrected chi connectivity index (χ3v) is 7.52. The summed E-state index contributed by atoms with van der Waals surface area (Å²) in [5.41, 5.74) is 2.83. The second-order valence-electron chi connectivity index (χ2n) is 6.92. The molecule has 2 aromatic carbocycles. The zero-order valence-electron chi connectivity index (χ0n) is 16.0. The van der Waals surface area contributed by atoms with Gasteiger partial charge in [-0.3, -0.25) is 4.79 Å². The van der Waals surface area contributed by atoms with Gasteiger partial charge in [0.2, 0.25) is 10.0 Å². The number of hydrogen-bond donors (Lipinski definition) is 1. The summed E-state index contributed by atoms with van der Waals surface area (Å²) < 4.78 is 26.9. The average molecular weight is 428 g/mol. The fourth-order valence-electron chi connectivity index (χ4n) is 3.30. The first-order chi connectivity index (χ1) is 13.9. The highest BCUT2D eigenvalue weighted by molar-refractivity contribution is 7.89. The van der Waals surface area contributed by atoms with Gasteiger partial charge in [0, 0.05) is 35.3 Å².